The lowest BCUT2D eigenvalue weighted by Gasteiger charge is -2.30. The molecule has 4 heteroatoms. The number of nitrogens with two attached hydrogens (primary N) is 1. The molecule has 0 unspecified atom stereocenters. The Hall–Kier alpha value is -2.41. The van der Waals surface area contributed by atoms with Crippen LogP contribution in [-0.4, -0.2) is 17.7 Å². The number of piperidine rings is 1. The van der Waals surface area contributed by atoms with Crippen molar-refractivity contribution in [3.63, 3.8) is 0 Å². The van der Waals surface area contributed by atoms with Gasteiger partial charge in [-0.05, 0) is 30.9 Å². The molecule has 1 aliphatic rings. The highest BCUT2D eigenvalue weighted by atomic mass is 15.3. The van der Waals surface area contributed by atoms with Crippen molar-refractivity contribution in [2.75, 3.05) is 23.7 Å². The van der Waals surface area contributed by atoms with Gasteiger partial charge in [0.25, 0.3) is 0 Å². The maximum atomic E-state index is 9.39. The van der Waals surface area contributed by atoms with E-state index in [2.05, 4.69) is 27.7 Å². The van der Waals surface area contributed by atoms with E-state index in [0.29, 0.717) is 17.9 Å². The second-order valence-corrected chi connectivity index (χ2v) is 5.54. The van der Waals surface area contributed by atoms with E-state index in [9.17, 15) is 5.26 Å². The van der Waals surface area contributed by atoms with E-state index in [1.165, 1.54) is 24.8 Å². The van der Waals surface area contributed by atoms with Crippen molar-refractivity contribution in [2.24, 2.45) is 0 Å². The molecule has 0 radical (unpaired) electrons. The lowest BCUT2D eigenvalue weighted by Crippen LogP contribution is -2.32. The molecule has 0 bridgehead atoms. The molecule has 0 aliphatic carbocycles. The van der Waals surface area contributed by atoms with E-state index in [1.807, 2.05) is 18.2 Å². The van der Waals surface area contributed by atoms with Gasteiger partial charge in [-0.1, -0.05) is 30.3 Å². The molecule has 2 N–H and O–H groups in total. The number of nitrogen functional groups attached to an aromatic ring is 1. The van der Waals surface area contributed by atoms with Crippen molar-refractivity contribution >= 4 is 11.5 Å². The van der Waals surface area contributed by atoms with Crippen LogP contribution in [-0.2, 0) is 6.54 Å². The smallest absolute Gasteiger partial charge is 0.133 e. The molecule has 0 spiro atoms. The average Bonchev–Trinajstić information content (AvgIpc) is 2.85. The third-order valence-electron chi connectivity index (χ3n) is 4.05. The number of hydrogen-bond donors (Lipinski definition) is 1. The van der Waals surface area contributed by atoms with E-state index in [4.69, 9.17) is 5.73 Å². The monoisotopic (exact) mass is 280 g/mol. The largest absolute Gasteiger partial charge is 0.396 e. The predicted octanol–water partition coefficient (Wildman–Crippen LogP) is 2.98. The van der Waals surface area contributed by atoms with Gasteiger partial charge in [0.05, 0.1) is 12.2 Å². The zero-order valence-corrected chi connectivity index (χ0v) is 12.1. The summed E-state index contributed by atoms with van der Waals surface area (Å²) in [7, 11) is 0. The minimum absolute atomic E-state index is 0.636. The normalized spacial score (nSPS) is 14.9. The van der Waals surface area contributed by atoms with E-state index in [1.54, 1.807) is 6.07 Å². The van der Waals surface area contributed by atoms with Crippen LogP contribution in [0.2, 0.25) is 0 Å². The predicted molar refractivity (Wildman–Crippen MR) is 85.2 cm³/mol. The first-order valence-corrected chi connectivity index (χ1v) is 7.47. The highest BCUT2D eigenvalue weighted by Crippen LogP contribution is 2.30. The van der Waals surface area contributed by atoms with Gasteiger partial charge in [0.15, 0.2) is 0 Å². The van der Waals surface area contributed by atoms with Gasteiger partial charge in [-0.3, -0.25) is 0 Å². The number of nitrogens with zero attached hydrogens (tertiary/aromatic N) is 3. The van der Waals surface area contributed by atoms with Crippen LogP contribution in [0.3, 0.4) is 0 Å². The Morgan fingerprint density at radius 1 is 1.10 bits per heavy atom. The van der Waals surface area contributed by atoms with Crippen molar-refractivity contribution < 1.29 is 0 Å². The van der Waals surface area contributed by atoms with Crippen molar-refractivity contribution in [2.45, 2.75) is 25.8 Å². The molecule has 3 rings (SSSR count). The quantitative estimate of drug-likeness (QED) is 0.940. The molecule has 0 saturated carbocycles. The Labute approximate surface area is 125 Å². The average molecular weight is 280 g/mol. The Balaban J connectivity index is 1.99. The minimum Gasteiger partial charge on any atom is -0.396 e. The number of aromatic nitrogens is 1. The fourth-order valence-electron chi connectivity index (χ4n) is 3.04. The molecule has 1 saturated heterocycles. The second-order valence-electron chi connectivity index (χ2n) is 5.54. The molecule has 4 nitrogen and oxygen atoms in total. The number of nitriles is 1. The van der Waals surface area contributed by atoms with E-state index >= 15 is 0 Å². The van der Waals surface area contributed by atoms with Crippen molar-refractivity contribution in [3.8, 4) is 6.07 Å². The van der Waals surface area contributed by atoms with Crippen LogP contribution in [0.4, 0.5) is 11.5 Å². The van der Waals surface area contributed by atoms with Gasteiger partial charge in [0, 0.05) is 13.1 Å². The maximum Gasteiger partial charge on any atom is 0.133 e. The molecule has 1 aromatic heterocycles. The van der Waals surface area contributed by atoms with Gasteiger partial charge in [-0.25, -0.2) is 0 Å². The topological polar surface area (TPSA) is 58.0 Å². The van der Waals surface area contributed by atoms with Gasteiger partial charge >= 0.3 is 0 Å². The molecule has 1 fully saturated rings. The summed E-state index contributed by atoms with van der Waals surface area (Å²) < 4.78 is 2.05. The summed E-state index contributed by atoms with van der Waals surface area (Å²) in [6, 6.07) is 14.3. The van der Waals surface area contributed by atoms with Crippen LogP contribution in [0.25, 0.3) is 0 Å². The first-order valence-electron chi connectivity index (χ1n) is 7.47. The van der Waals surface area contributed by atoms with E-state index < -0.39 is 0 Å². The zero-order valence-electron chi connectivity index (χ0n) is 12.1. The van der Waals surface area contributed by atoms with Crippen LogP contribution >= 0.6 is 0 Å². The van der Waals surface area contributed by atoms with Crippen LogP contribution in [0.1, 0.15) is 30.5 Å². The number of rotatable bonds is 3. The summed E-state index contributed by atoms with van der Waals surface area (Å²) in [4.78, 5) is 2.32. The summed E-state index contributed by atoms with van der Waals surface area (Å²) >= 11 is 0. The first-order chi connectivity index (χ1) is 10.3. The molecule has 0 atom stereocenters. The van der Waals surface area contributed by atoms with Crippen molar-refractivity contribution in [1.82, 2.24) is 4.57 Å². The number of hydrogen-bond acceptors (Lipinski definition) is 3. The summed E-state index contributed by atoms with van der Waals surface area (Å²) in [5.74, 6) is 1.01. The molecule has 1 aliphatic heterocycles. The summed E-state index contributed by atoms with van der Waals surface area (Å²) in [6.07, 6.45) is 3.66. The van der Waals surface area contributed by atoms with E-state index in [-0.39, 0.29) is 0 Å². The SMILES string of the molecule is N#Cc1cc(N)c(N2CCCCC2)n1Cc1ccccc1. The molecule has 2 heterocycles. The third-order valence-corrected chi connectivity index (χ3v) is 4.05. The molecule has 21 heavy (non-hydrogen) atoms. The second kappa shape index (κ2) is 5.92. The van der Waals surface area contributed by atoms with Crippen molar-refractivity contribution in [3.05, 3.63) is 47.7 Å². The van der Waals surface area contributed by atoms with Crippen LogP contribution in [0, 0.1) is 11.3 Å². The van der Waals surface area contributed by atoms with Gasteiger partial charge < -0.3 is 15.2 Å². The first kappa shape index (κ1) is 13.6. The highest BCUT2D eigenvalue weighted by molar-refractivity contribution is 5.68. The lowest BCUT2D eigenvalue weighted by molar-refractivity contribution is 0.564. The molecular weight excluding hydrogens is 260 g/mol. The number of anilines is 2. The van der Waals surface area contributed by atoms with Crippen LogP contribution in [0.15, 0.2) is 36.4 Å². The third kappa shape index (κ3) is 2.73. The van der Waals surface area contributed by atoms with Gasteiger partial charge in [-0.15, -0.1) is 0 Å². The minimum atomic E-state index is 0.636. The standard InChI is InChI=1S/C17H20N4/c18-12-15-11-16(19)17(20-9-5-2-6-10-20)21(15)13-14-7-3-1-4-8-14/h1,3-4,7-8,11H,2,5-6,9-10,13,19H2. The van der Waals surface area contributed by atoms with Gasteiger partial charge in [0.1, 0.15) is 17.6 Å². The van der Waals surface area contributed by atoms with Crippen LogP contribution < -0.4 is 10.6 Å². The Morgan fingerprint density at radius 3 is 2.48 bits per heavy atom. The molecule has 2 aromatic rings. The Morgan fingerprint density at radius 2 is 1.81 bits per heavy atom. The zero-order chi connectivity index (χ0) is 14.7. The molecule has 0 amide bonds. The number of benzene rings is 1. The fraction of sp³-hybridized carbons (Fsp3) is 0.353. The Kier molecular flexibility index (Phi) is 3.83. The highest BCUT2D eigenvalue weighted by Gasteiger charge is 2.20. The molecule has 1 aromatic carbocycles. The fourth-order valence-corrected chi connectivity index (χ4v) is 3.04. The summed E-state index contributed by atoms with van der Waals surface area (Å²) in [5.41, 5.74) is 8.72. The van der Waals surface area contributed by atoms with Gasteiger partial charge in [0.2, 0.25) is 0 Å². The Bertz CT molecular complexity index is 645. The maximum absolute atomic E-state index is 9.39. The molecule has 108 valence electrons. The van der Waals surface area contributed by atoms with Crippen molar-refractivity contribution in [1.29, 1.82) is 5.26 Å². The lowest BCUT2D eigenvalue weighted by atomic mass is 10.1. The van der Waals surface area contributed by atoms with Crippen LogP contribution in [0.5, 0.6) is 0 Å². The molecular formula is C17H20N4. The van der Waals surface area contributed by atoms with E-state index in [0.717, 1.165) is 18.9 Å². The summed E-state index contributed by atoms with van der Waals surface area (Å²) in [6.45, 7) is 2.73. The summed E-state index contributed by atoms with van der Waals surface area (Å²) in [5, 5.41) is 9.39. The van der Waals surface area contributed by atoms with Gasteiger partial charge in [-0.2, -0.15) is 5.26 Å².